The van der Waals surface area contributed by atoms with E-state index < -0.39 is 10.0 Å². The maximum atomic E-state index is 12.6. The zero-order chi connectivity index (χ0) is 19.6. The van der Waals surface area contributed by atoms with Gasteiger partial charge in [-0.15, -0.1) is 11.3 Å². The number of carbonyl (C=O) groups is 1. The highest BCUT2D eigenvalue weighted by molar-refractivity contribution is 7.88. The maximum Gasteiger partial charge on any atom is 0.225 e. The molecule has 0 saturated carbocycles. The number of benzene rings is 1. The van der Waals surface area contributed by atoms with Gasteiger partial charge in [-0.2, -0.15) is 0 Å². The van der Waals surface area contributed by atoms with Gasteiger partial charge in [-0.05, 0) is 6.42 Å². The van der Waals surface area contributed by atoms with E-state index in [0.717, 1.165) is 22.5 Å². The molecule has 0 aliphatic carbocycles. The van der Waals surface area contributed by atoms with E-state index in [1.807, 2.05) is 54.5 Å². The Balaban J connectivity index is 1.83. The molecule has 0 radical (unpaired) electrons. The second-order valence-electron chi connectivity index (χ2n) is 7.25. The SMILES string of the molecule is CC(C)C(=O)N1CCC(NS(C)(=O)=O)C1Cc1csc(-c2ccccc2)n1. The summed E-state index contributed by atoms with van der Waals surface area (Å²) in [4.78, 5) is 19.1. The van der Waals surface area contributed by atoms with Gasteiger partial charge < -0.3 is 4.90 Å². The van der Waals surface area contributed by atoms with Crippen molar-refractivity contribution in [1.82, 2.24) is 14.6 Å². The number of amides is 1. The van der Waals surface area contributed by atoms with Crippen LogP contribution >= 0.6 is 11.3 Å². The minimum absolute atomic E-state index is 0.0521. The first-order valence-corrected chi connectivity index (χ1v) is 11.8. The Bertz CT molecular complexity index is 894. The molecule has 8 heteroatoms. The van der Waals surface area contributed by atoms with Crippen LogP contribution < -0.4 is 4.72 Å². The van der Waals surface area contributed by atoms with E-state index in [-0.39, 0.29) is 23.9 Å². The van der Waals surface area contributed by atoms with E-state index in [2.05, 4.69) is 4.72 Å². The highest BCUT2D eigenvalue weighted by Crippen LogP contribution is 2.28. The van der Waals surface area contributed by atoms with E-state index in [4.69, 9.17) is 4.98 Å². The Morgan fingerprint density at radius 1 is 1.33 bits per heavy atom. The van der Waals surface area contributed by atoms with E-state index in [9.17, 15) is 13.2 Å². The molecule has 2 unspecified atom stereocenters. The third-order valence-corrected chi connectivity index (χ3v) is 6.35. The molecule has 1 aromatic carbocycles. The van der Waals surface area contributed by atoms with Crippen LogP contribution in [0.2, 0.25) is 0 Å². The highest BCUT2D eigenvalue weighted by atomic mass is 32.2. The van der Waals surface area contributed by atoms with Gasteiger partial charge >= 0.3 is 0 Å². The first kappa shape index (κ1) is 20.0. The quantitative estimate of drug-likeness (QED) is 0.798. The maximum absolute atomic E-state index is 12.6. The van der Waals surface area contributed by atoms with Crippen LogP contribution in [0.5, 0.6) is 0 Å². The molecule has 0 spiro atoms. The number of nitrogens with zero attached hydrogens (tertiary/aromatic N) is 2. The predicted octanol–water partition coefficient (Wildman–Crippen LogP) is 2.53. The lowest BCUT2D eigenvalue weighted by molar-refractivity contribution is -0.135. The number of likely N-dealkylation sites (tertiary alicyclic amines) is 1. The number of carbonyl (C=O) groups excluding carboxylic acids is 1. The molecule has 1 fully saturated rings. The second kappa shape index (κ2) is 8.08. The predicted molar refractivity (Wildman–Crippen MR) is 108 cm³/mol. The zero-order valence-corrected chi connectivity index (χ0v) is 17.4. The first-order chi connectivity index (χ1) is 12.7. The van der Waals surface area contributed by atoms with Gasteiger partial charge in [0.2, 0.25) is 15.9 Å². The van der Waals surface area contributed by atoms with Crippen LogP contribution in [0.25, 0.3) is 10.6 Å². The van der Waals surface area contributed by atoms with Gasteiger partial charge in [-0.1, -0.05) is 44.2 Å². The van der Waals surface area contributed by atoms with Crippen LogP contribution in [0.15, 0.2) is 35.7 Å². The molecule has 1 aliphatic heterocycles. The normalized spacial score (nSPS) is 20.4. The van der Waals surface area contributed by atoms with Gasteiger partial charge in [-0.25, -0.2) is 18.1 Å². The van der Waals surface area contributed by atoms with Gasteiger partial charge in [0.15, 0.2) is 0 Å². The lowest BCUT2D eigenvalue weighted by Gasteiger charge is -2.29. The molecule has 1 N–H and O–H groups in total. The van der Waals surface area contributed by atoms with Gasteiger partial charge in [0.25, 0.3) is 0 Å². The smallest absolute Gasteiger partial charge is 0.225 e. The summed E-state index contributed by atoms with van der Waals surface area (Å²) in [5.74, 6) is -0.0730. The standard InChI is InChI=1S/C19H25N3O3S2/c1-13(2)19(23)22-10-9-16(21-27(3,24)25)17(22)11-15-12-26-18(20-15)14-7-5-4-6-8-14/h4-8,12-13,16-17,21H,9-11H2,1-3H3. The van der Waals surface area contributed by atoms with Crippen molar-refractivity contribution in [2.24, 2.45) is 5.92 Å². The van der Waals surface area contributed by atoms with Crippen LogP contribution in [0.1, 0.15) is 26.0 Å². The average Bonchev–Trinajstić information content (AvgIpc) is 3.22. The molecule has 146 valence electrons. The summed E-state index contributed by atoms with van der Waals surface area (Å²) < 4.78 is 26.2. The van der Waals surface area contributed by atoms with Gasteiger partial charge in [0, 0.05) is 35.9 Å². The van der Waals surface area contributed by atoms with Gasteiger partial charge in [-0.3, -0.25) is 4.79 Å². The summed E-state index contributed by atoms with van der Waals surface area (Å²) >= 11 is 1.56. The van der Waals surface area contributed by atoms with Crippen LogP contribution in [-0.2, 0) is 21.2 Å². The molecule has 2 atom stereocenters. The van der Waals surface area contributed by atoms with Crippen molar-refractivity contribution in [3.05, 3.63) is 41.4 Å². The third-order valence-electron chi connectivity index (χ3n) is 4.68. The Labute approximate surface area is 164 Å². The van der Waals surface area contributed by atoms with Gasteiger partial charge in [0.1, 0.15) is 5.01 Å². The Morgan fingerprint density at radius 2 is 2.04 bits per heavy atom. The first-order valence-electron chi connectivity index (χ1n) is 9.02. The summed E-state index contributed by atoms with van der Waals surface area (Å²) in [6, 6.07) is 9.44. The summed E-state index contributed by atoms with van der Waals surface area (Å²) in [6.45, 7) is 4.30. The molecule has 2 heterocycles. The summed E-state index contributed by atoms with van der Waals surface area (Å²) in [5, 5.41) is 2.92. The van der Waals surface area contributed by atoms with E-state index in [1.54, 1.807) is 11.3 Å². The van der Waals surface area contributed by atoms with Crippen molar-refractivity contribution in [2.45, 2.75) is 38.8 Å². The number of hydrogen-bond donors (Lipinski definition) is 1. The highest BCUT2D eigenvalue weighted by Gasteiger charge is 2.39. The number of sulfonamides is 1. The summed E-state index contributed by atoms with van der Waals surface area (Å²) in [7, 11) is -3.35. The van der Waals surface area contributed by atoms with Crippen molar-refractivity contribution in [3.63, 3.8) is 0 Å². The fourth-order valence-corrected chi connectivity index (χ4v) is 5.12. The fourth-order valence-electron chi connectivity index (χ4n) is 3.45. The molecule has 0 bridgehead atoms. The summed E-state index contributed by atoms with van der Waals surface area (Å²) in [5.41, 5.74) is 1.94. The van der Waals surface area contributed by atoms with Crippen molar-refractivity contribution in [2.75, 3.05) is 12.8 Å². The average molecular weight is 408 g/mol. The van der Waals surface area contributed by atoms with E-state index in [0.29, 0.717) is 19.4 Å². The van der Waals surface area contributed by atoms with Crippen LogP contribution in [-0.4, -0.2) is 49.1 Å². The number of aromatic nitrogens is 1. The van der Waals surface area contributed by atoms with Crippen molar-refractivity contribution in [1.29, 1.82) is 0 Å². The molecule has 27 heavy (non-hydrogen) atoms. The lowest BCUT2D eigenvalue weighted by Crippen LogP contribution is -2.48. The lowest BCUT2D eigenvalue weighted by atomic mass is 10.0. The third kappa shape index (κ3) is 4.94. The number of hydrogen-bond acceptors (Lipinski definition) is 5. The molecule has 1 saturated heterocycles. The van der Waals surface area contributed by atoms with E-state index >= 15 is 0 Å². The second-order valence-corrected chi connectivity index (χ2v) is 9.89. The van der Waals surface area contributed by atoms with E-state index in [1.165, 1.54) is 0 Å². The summed E-state index contributed by atoms with van der Waals surface area (Å²) in [6.07, 6.45) is 2.31. The fraction of sp³-hybridized carbons (Fsp3) is 0.474. The minimum Gasteiger partial charge on any atom is -0.337 e. The van der Waals surface area contributed by atoms with Crippen LogP contribution in [0.4, 0.5) is 0 Å². The molecule has 2 aromatic rings. The van der Waals surface area contributed by atoms with Gasteiger partial charge in [0.05, 0.1) is 18.0 Å². The van der Waals surface area contributed by atoms with Crippen molar-refractivity contribution in [3.8, 4) is 10.6 Å². The number of rotatable bonds is 6. The molecule has 1 amide bonds. The zero-order valence-electron chi connectivity index (χ0n) is 15.8. The number of nitrogens with one attached hydrogen (secondary N) is 1. The molecular weight excluding hydrogens is 382 g/mol. The monoisotopic (exact) mass is 407 g/mol. The van der Waals surface area contributed by atoms with Crippen LogP contribution in [0, 0.1) is 5.92 Å². The topological polar surface area (TPSA) is 79.4 Å². The van der Waals surface area contributed by atoms with Crippen molar-refractivity contribution < 1.29 is 13.2 Å². The van der Waals surface area contributed by atoms with Crippen molar-refractivity contribution >= 4 is 27.3 Å². The molecule has 6 nitrogen and oxygen atoms in total. The molecular formula is C19H25N3O3S2. The largest absolute Gasteiger partial charge is 0.337 e. The molecule has 1 aromatic heterocycles. The Morgan fingerprint density at radius 3 is 2.67 bits per heavy atom. The Kier molecular flexibility index (Phi) is 5.98. The molecule has 3 rings (SSSR count). The number of thiazole rings is 1. The molecule has 1 aliphatic rings. The Hall–Kier alpha value is -1.77. The van der Waals surface area contributed by atoms with Crippen LogP contribution in [0.3, 0.4) is 0 Å². The minimum atomic E-state index is -3.35.